The average molecular weight is 428 g/mol. The van der Waals surface area contributed by atoms with Gasteiger partial charge in [-0.25, -0.2) is 28.1 Å². The fraction of sp³-hybridized carbons (Fsp3) is 0.238. The minimum Gasteiger partial charge on any atom is -0.353 e. The van der Waals surface area contributed by atoms with Gasteiger partial charge in [-0.15, -0.1) is 0 Å². The second kappa shape index (κ2) is 8.58. The van der Waals surface area contributed by atoms with Crippen LogP contribution >= 0.6 is 0 Å². The van der Waals surface area contributed by atoms with E-state index >= 15 is 0 Å². The van der Waals surface area contributed by atoms with Crippen LogP contribution in [0.25, 0.3) is 0 Å². The maximum atomic E-state index is 14.0. The van der Waals surface area contributed by atoms with Gasteiger partial charge in [0.05, 0.1) is 5.56 Å². The van der Waals surface area contributed by atoms with Crippen LogP contribution in [-0.4, -0.2) is 51.9 Å². The number of nitrogens with one attached hydrogen (secondary N) is 1. The Morgan fingerprint density at radius 3 is 2.45 bits per heavy atom. The molecule has 0 atom stereocenters. The van der Waals surface area contributed by atoms with Crippen molar-refractivity contribution in [1.29, 1.82) is 0 Å². The molecule has 10 heteroatoms. The molecule has 3 heterocycles. The standard InChI is InChI=1S/C21H19F3N6O/c1-13-26-17(28-16-4-2-3-7-25-16)12-18(27-13)29-8-10-30(11-9-29)21(31)14-5-6-15(22)20(24)19(14)23/h2-7,12H,8-11H2,1H3,(H,25,26,27,28). The number of rotatable bonds is 4. The van der Waals surface area contributed by atoms with Gasteiger partial charge in [0.25, 0.3) is 5.91 Å². The Kier molecular flexibility index (Phi) is 5.70. The van der Waals surface area contributed by atoms with Crippen LogP contribution in [0.2, 0.25) is 0 Å². The van der Waals surface area contributed by atoms with Gasteiger partial charge in [0, 0.05) is 38.4 Å². The molecular weight excluding hydrogens is 409 g/mol. The molecule has 0 bridgehead atoms. The summed E-state index contributed by atoms with van der Waals surface area (Å²) in [5.41, 5.74) is -0.480. The molecule has 0 saturated carbocycles. The molecule has 2 aromatic heterocycles. The van der Waals surface area contributed by atoms with Crippen LogP contribution in [0.15, 0.2) is 42.6 Å². The summed E-state index contributed by atoms with van der Waals surface area (Å²) in [6, 6.07) is 8.99. The number of carbonyl (C=O) groups is 1. The summed E-state index contributed by atoms with van der Waals surface area (Å²) >= 11 is 0. The van der Waals surface area contributed by atoms with Gasteiger partial charge < -0.3 is 15.1 Å². The van der Waals surface area contributed by atoms with E-state index in [2.05, 4.69) is 20.3 Å². The lowest BCUT2D eigenvalue weighted by Gasteiger charge is -2.35. The van der Waals surface area contributed by atoms with E-state index in [4.69, 9.17) is 0 Å². The first-order valence-electron chi connectivity index (χ1n) is 9.64. The maximum Gasteiger partial charge on any atom is 0.257 e. The monoisotopic (exact) mass is 428 g/mol. The molecule has 1 aliphatic rings. The molecule has 1 fully saturated rings. The summed E-state index contributed by atoms with van der Waals surface area (Å²) in [5.74, 6) is -2.63. The number of pyridine rings is 1. The number of nitrogens with zero attached hydrogens (tertiary/aromatic N) is 5. The highest BCUT2D eigenvalue weighted by atomic mass is 19.2. The minimum absolute atomic E-state index is 0.281. The average Bonchev–Trinajstić information content (AvgIpc) is 2.78. The lowest BCUT2D eigenvalue weighted by atomic mass is 10.1. The van der Waals surface area contributed by atoms with Gasteiger partial charge >= 0.3 is 0 Å². The maximum absolute atomic E-state index is 14.0. The third kappa shape index (κ3) is 4.42. The van der Waals surface area contributed by atoms with Gasteiger partial charge in [-0.1, -0.05) is 6.07 Å². The second-order valence-corrected chi connectivity index (χ2v) is 7.00. The summed E-state index contributed by atoms with van der Waals surface area (Å²) in [6.45, 7) is 3.22. The third-order valence-electron chi connectivity index (χ3n) is 4.90. The normalized spacial score (nSPS) is 13.9. The van der Waals surface area contributed by atoms with Gasteiger partial charge in [0.2, 0.25) is 0 Å². The number of halogens is 3. The SMILES string of the molecule is Cc1nc(Nc2ccccn2)cc(N2CCN(C(=O)c3ccc(F)c(F)c3F)CC2)n1. The van der Waals surface area contributed by atoms with Crippen molar-refractivity contribution in [2.75, 3.05) is 36.4 Å². The molecule has 1 aliphatic heterocycles. The Morgan fingerprint density at radius 1 is 0.968 bits per heavy atom. The van der Waals surface area contributed by atoms with Crippen LogP contribution in [0.4, 0.5) is 30.6 Å². The van der Waals surface area contributed by atoms with Gasteiger partial charge in [-0.05, 0) is 31.2 Å². The zero-order valence-electron chi connectivity index (χ0n) is 16.6. The Balaban J connectivity index is 1.45. The van der Waals surface area contributed by atoms with Crippen molar-refractivity contribution in [2.24, 2.45) is 0 Å². The van der Waals surface area contributed by atoms with E-state index in [1.165, 1.54) is 4.90 Å². The summed E-state index contributed by atoms with van der Waals surface area (Å²) in [7, 11) is 0. The molecule has 0 spiro atoms. The van der Waals surface area contributed by atoms with Gasteiger partial charge in [-0.3, -0.25) is 4.79 Å². The van der Waals surface area contributed by atoms with Crippen molar-refractivity contribution in [1.82, 2.24) is 19.9 Å². The molecule has 31 heavy (non-hydrogen) atoms. The van der Waals surface area contributed by atoms with Crippen molar-refractivity contribution < 1.29 is 18.0 Å². The topological polar surface area (TPSA) is 74.2 Å². The predicted octanol–water partition coefficient (Wildman–Crippen LogP) is 3.30. The Bertz CT molecular complexity index is 1100. The fourth-order valence-corrected chi connectivity index (χ4v) is 3.35. The number of aryl methyl sites for hydroxylation is 1. The first-order chi connectivity index (χ1) is 14.9. The first kappa shape index (κ1) is 20.6. The Hall–Kier alpha value is -3.69. The van der Waals surface area contributed by atoms with Crippen LogP contribution < -0.4 is 10.2 Å². The molecule has 0 aliphatic carbocycles. The van der Waals surface area contributed by atoms with Gasteiger partial charge in [-0.2, -0.15) is 0 Å². The highest BCUT2D eigenvalue weighted by Gasteiger charge is 2.27. The summed E-state index contributed by atoms with van der Waals surface area (Å²) in [5, 5.41) is 3.13. The lowest BCUT2D eigenvalue weighted by Crippen LogP contribution is -2.49. The molecule has 4 rings (SSSR count). The molecule has 1 saturated heterocycles. The number of carbonyl (C=O) groups excluding carboxylic acids is 1. The molecule has 3 aromatic rings. The summed E-state index contributed by atoms with van der Waals surface area (Å²) in [4.78, 5) is 29.0. The fourth-order valence-electron chi connectivity index (χ4n) is 3.35. The van der Waals surface area contributed by atoms with Crippen molar-refractivity contribution >= 4 is 23.4 Å². The van der Waals surface area contributed by atoms with Gasteiger partial charge in [0.1, 0.15) is 23.3 Å². The number of hydrogen-bond acceptors (Lipinski definition) is 6. The molecule has 0 radical (unpaired) electrons. The van der Waals surface area contributed by atoms with Crippen LogP contribution in [0.1, 0.15) is 16.2 Å². The smallest absolute Gasteiger partial charge is 0.257 e. The van der Waals surface area contributed by atoms with E-state index in [-0.39, 0.29) is 13.1 Å². The zero-order chi connectivity index (χ0) is 22.0. The minimum atomic E-state index is -1.64. The summed E-state index contributed by atoms with van der Waals surface area (Å²) in [6.07, 6.45) is 1.67. The molecule has 160 valence electrons. The predicted molar refractivity (Wildman–Crippen MR) is 109 cm³/mol. The van der Waals surface area contributed by atoms with E-state index < -0.39 is 28.9 Å². The number of benzene rings is 1. The quantitative estimate of drug-likeness (QED) is 0.643. The number of hydrogen-bond donors (Lipinski definition) is 1. The van der Waals surface area contributed by atoms with E-state index in [9.17, 15) is 18.0 Å². The molecule has 1 amide bonds. The van der Waals surface area contributed by atoms with Crippen LogP contribution in [0.5, 0.6) is 0 Å². The number of anilines is 3. The molecule has 1 N–H and O–H groups in total. The molecule has 0 unspecified atom stereocenters. The molecule has 7 nitrogen and oxygen atoms in total. The van der Waals surface area contributed by atoms with Crippen molar-refractivity contribution in [2.45, 2.75) is 6.92 Å². The number of aromatic nitrogens is 3. The lowest BCUT2D eigenvalue weighted by molar-refractivity contribution is 0.0740. The highest BCUT2D eigenvalue weighted by Crippen LogP contribution is 2.22. The van der Waals surface area contributed by atoms with Gasteiger partial charge in [0.15, 0.2) is 17.5 Å². The van der Waals surface area contributed by atoms with Crippen molar-refractivity contribution in [3.05, 3.63) is 71.4 Å². The van der Waals surface area contributed by atoms with Crippen molar-refractivity contribution in [3.8, 4) is 0 Å². The Morgan fingerprint density at radius 2 is 1.74 bits per heavy atom. The van der Waals surface area contributed by atoms with Crippen LogP contribution in [0, 0.1) is 24.4 Å². The number of amides is 1. The number of piperazine rings is 1. The third-order valence-corrected chi connectivity index (χ3v) is 4.90. The van der Waals surface area contributed by atoms with E-state index in [1.54, 1.807) is 19.2 Å². The zero-order valence-corrected chi connectivity index (χ0v) is 16.6. The highest BCUT2D eigenvalue weighted by molar-refractivity contribution is 5.94. The van der Waals surface area contributed by atoms with Crippen molar-refractivity contribution in [3.63, 3.8) is 0 Å². The summed E-state index contributed by atoms with van der Waals surface area (Å²) < 4.78 is 40.6. The van der Waals surface area contributed by atoms with Crippen LogP contribution in [-0.2, 0) is 0 Å². The molecular formula is C21H19F3N6O. The van der Waals surface area contributed by atoms with Crippen LogP contribution in [0.3, 0.4) is 0 Å². The largest absolute Gasteiger partial charge is 0.353 e. The first-order valence-corrected chi connectivity index (χ1v) is 9.64. The second-order valence-electron chi connectivity index (χ2n) is 7.00. The van der Waals surface area contributed by atoms with E-state index in [1.807, 2.05) is 23.1 Å². The van der Waals surface area contributed by atoms with E-state index in [0.717, 1.165) is 12.1 Å². The Labute approximate surface area is 176 Å². The molecule has 1 aromatic carbocycles. The van der Waals surface area contributed by atoms with E-state index in [0.29, 0.717) is 36.4 Å².